The first-order valence-electron chi connectivity index (χ1n) is 15.3. The Morgan fingerprint density at radius 3 is 2.62 bits per heavy atom. The molecule has 0 unspecified atom stereocenters. The number of ether oxygens (including phenoxy) is 1. The molecule has 3 fully saturated rings. The average Bonchev–Trinajstić information content (AvgIpc) is 3.50. The van der Waals surface area contributed by atoms with Crippen LogP contribution in [0.3, 0.4) is 0 Å². The van der Waals surface area contributed by atoms with Crippen molar-refractivity contribution in [1.82, 2.24) is 24.3 Å². The SMILES string of the molecule is COc1ccc(-n2cccn2)cc1S(=O)(=O)N1C[C@@H]2C[C@@H](C1)[C@@H]1CCCC(=O)N[C@H](C(C)C)CC[C@@H](C)CC(=O)N1C2. The van der Waals surface area contributed by atoms with E-state index in [0.717, 1.165) is 19.3 Å². The highest BCUT2D eigenvalue weighted by atomic mass is 32.2. The van der Waals surface area contributed by atoms with Crippen LogP contribution in [0.25, 0.3) is 5.69 Å². The van der Waals surface area contributed by atoms with Crippen LogP contribution in [0.15, 0.2) is 41.6 Å². The molecule has 230 valence electrons. The molecule has 2 amide bonds. The Kier molecular flexibility index (Phi) is 9.27. The van der Waals surface area contributed by atoms with E-state index >= 15 is 0 Å². The monoisotopic (exact) mass is 599 g/mol. The van der Waals surface area contributed by atoms with Gasteiger partial charge in [-0.2, -0.15) is 9.40 Å². The lowest BCUT2D eigenvalue weighted by molar-refractivity contribution is -0.141. The summed E-state index contributed by atoms with van der Waals surface area (Å²) in [5, 5.41) is 7.48. The Labute approximate surface area is 249 Å². The van der Waals surface area contributed by atoms with Gasteiger partial charge in [0.15, 0.2) is 0 Å². The van der Waals surface area contributed by atoms with Crippen LogP contribution < -0.4 is 10.1 Å². The summed E-state index contributed by atoms with van der Waals surface area (Å²) >= 11 is 0. The summed E-state index contributed by atoms with van der Waals surface area (Å²) in [5.74, 6) is 1.11. The van der Waals surface area contributed by atoms with E-state index in [0.29, 0.717) is 62.7 Å². The van der Waals surface area contributed by atoms with Crippen LogP contribution in [0.4, 0.5) is 0 Å². The molecular weight excluding hydrogens is 554 g/mol. The van der Waals surface area contributed by atoms with Crippen LogP contribution in [-0.4, -0.2) is 78.0 Å². The van der Waals surface area contributed by atoms with E-state index in [1.807, 2.05) is 4.90 Å². The largest absolute Gasteiger partial charge is 0.495 e. The number of nitrogens with one attached hydrogen (secondary N) is 1. The quantitative estimate of drug-likeness (QED) is 0.559. The van der Waals surface area contributed by atoms with Crippen LogP contribution >= 0.6 is 0 Å². The Morgan fingerprint density at radius 2 is 1.90 bits per heavy atom. The fourth-order valence-corrected chi connectivity index (χ4v) is 8.78. The van der Waals surface area contributed by atoms with Gasteiger partial charge in [-0.1, -0.05) is 20.8 Å². The number of benzene rings is 1. The lowest BCUT2D eigenvalue weighted by Gasteiger charge is -2.50. The molecule has 3 aliphatic heterocycles. The van der Waals surface area contributed by atoms with Crippen molar-refractivity contribution in [3.63, 3.8) is 0 Å². The standard InChI is InChI=1S/C31H45N5O5S/c1-21(2)26-11-9-22(3)15-31(38)35-19-23-16-24(27(35)7-5-8-30(37)33-26)20-34(18-23)42(39,40)29-17-25(10-12-28(29)41-4)36-14-6-13-32-36/h6,10,12-14,17,21-24,26-27H,5,7-9,11,15-16,18-20H2,1-4H3,(H,33,37)/t22-,23+,24+,26+,27+/m1/s1. The number of rotatable bonds is 5. The van der Waals surface area contributed by atoms with Gasteiger partial charge in [0, 0.05) is 57.0 Å². The molecule has 0 radical (unpaired) electrons. The third-order valence-corrected chi connectivity index (χ3v) is 11.2. The zero-order valence-corrected chi connectivity index (χ0v) is 26.1. The fourth-order valence-electron chi connectivity index (χ4n) is 7.03. The molecule has 2 bridgehead atoms. The van der Waals surface area contributed by atoms with E-state index in [4.69, 9.17) is 4.74 Å². The predicted molar refractivity (Wildman–Crippen MR) is 160 cm³/mol. The van der Waals surface area contributed by atoms with E-state index < -0.39 is 10.0 Å². The van der Waals surface area contributed by atoms with Crippen molar-refractivity contribution in [2.75, 3.05) is 26.7 Å². The number of aromatic nitrogens is 2. The highest BCUT2D eigenvalue weighted by molar-refractivity contribution is 7.89. The topological polar surface area (TPSA) is 114 Å². The Bertz CT molecular complexity index is 1360. The van der Waals surface area contributed by atoms with Crippen LogP contribution in [0.2, 0.25) is 0 Å². The summed E-state index contributed by atoms with van der Waals surface area (Å²) in [7, 11) is -2.41. The van der Waals surface area contributed by atoms with Gasteiger partial charge in [-0.3, -0.25) is 9.59 Å². The first kappa shape index (κ1) is 30.5. The van der Waals surface area contributed by atoms with Gasteiger partial charge in [0.25, 0.3) is 0 Å². The molecule has 1 N–H and O–H groups in total. The van der Waals surface area contributed by atoms with Crippen LogP contribution in [0.5, 0.6) is 5.75 Å². The molecule has 42 heavy (non-hydrogen) atoms. The Hall–Kier alpha value is -2.92. The number of methoxy groups -OCH3 is 1. The zero-order chi connectivity index (χ0) is 30.0. The van der Waals surface area contributed by atoms with Gasteiger partial charge in [-0.15, -0.1) is 0 Å². The van der Waals surface area contributed by atoms with Crippen molar-refractivity contribution in [3.8, 4) is 11.4 Å². The molecule has 0 aliphatic carbocycles. The van der Waals surface area contributed by atoms with Crippen molar-refractivity contribution in [2.24, 2.45) is 23.7 Å². The van der Waals surface area contributed by atoms with Crippen LogP contribution in [0.1, 0.15) is 65.7 Å². The number of hydrogen-bond donors (Lipinski definition) is 1. The first-order valence-corrected chi connectivity index (χ1v) is 16.8. The molecule has 5 atom stereocenters. The molecule has 10 nitrogen and oxygen atoms in total. The predicted octanol–water partition coefficient (Wildman–Crippen LogP) is 3.85. The number of nitrogens with zero attached hydrogens (tertiary/aromatic N) is 4. The minimum absolute atomic E-state index is 0.00317. The number of hydrogen-bond acceptors (Lipinski definition) is 6. The molecule has 0 saturated carbocycles. The first-order chi connectivity index (χ1) is 20.1. The molecule has 0 spiro atoms. The van der Waals surface area contributed by atoms with Gasteiger partial charge in [0.2, 0.25) is 21.8 Å². The summed E-state index contributed by atoms with van der Waals surface area (Å²) in [5.41, 5.74) is 0.635. The molecule has 5 rings (SSSR count). The smallest absolute Gasteiger partial charge is 0.246 e. The molecule has 4 heterocycles. The number of sulfonamides is 1. The van der Waals surface area contributed by atoms with Gasteiger partial charge in [-0.05, 0) is 80.0 Å². The van der Waals surface area contributed by atoms with E-state index in [1.165, 1.54) is 7.11 Å². The second-order valence-electron chi connectivity index (χ2n) is 12.8. The molecule has 1 aromatic heterocycles. The second-order valence-corrected chi connectivity index (χ2v) is 14.7. The van der Waals surface area contributed by atoms with Gasteiger partial charge >= 0.3 is 0 Å². The van der Waals surface area contributed by atoms with Gasteiger partial charge in [0.1, 0.15) is 10.6 Å². The fraction of sp³-hybridized carbons (Fsp3) is 0.645. The summed E-state index contributed by atoms with van der Waals surface area (Å²) in [6.45, 7) is 7.61. The van der Waals surface area contributed by atoms with Crippen LogP contribution in [-0.2, 0) is 19.6 Å². The lowest BCUT2D eigenvalue weighted by Crippen LogP contribution is -2.60. The minimum Gasteiger partial charge on any atom is -0.495 e. The van der Waals surface area contributed by atoms with Crippen molar-refractivity contribution in [3.05, 3.63) is 36.7 Å². The van der Waals surface area contributed by atoms with Crippen molar-refractivity contribution in [1.29, 1.82) is 0 Å². The number of amides is 2. The third kappa shape index (κ3) is 6.51. The van der Waals surface area contributed by atoms with Gasteiger partial charge in [-0.25, -0.2) is 13.1 Å². The van der Waals surface area contributed by atoms with E-state index in [1.54, 1.807) is 45.6 Å². The minimum atomic E-state index is -3.89. The zero-order valence-electron chi connectivity index (χ0n) is 25.2. The van der Waals surface area contributed by atoms with E-state index in [2.05, 4.69) is 31.2 Å². The summed E-state index contributed by atoms with van der Waals surface area (Å²) < 4.78 is 37.0. The molecule has 3 aliphatic rings. The molecule has 2 aromatic rings. The lowest BCUT2D eigenvalue weighted by atomic mass is 9.78. The third-order valence-electron chi connectivity index (χ3n) is 9.34. The molecule has 3 saturated heterocycles. The van der Waals surface area contributed by atoms with Crippen molar-refractivity contribution in [2.45, 2.75) is 82.7 Å². The maximum atomic E-state index is 14.1. The summed E-state index contributed by atoms with van der Waals surface area (Å²) in [6.07, 6.45) is 8.27. The van der Waals surface area contributed by atoms with Gasteiger partial charge < -0.3 is 15.0 Å². The number of fused-ring (bicyclic) bond motifs is 4. The normalized spacial score (nSPS) is 28.3. The Balaban J connectivity index is 1.39. The van der Waals surface area contributed by atoms with Crippen molar-refractivity contribution < 1.29 is 22.7 Å². The van der Waals surface area contributed by atoms with Crippen molar-refractivity contribution >= 4 is 21.8 Å². The summed E-state index contributed by atoms with van der Waals surface area (Å²) in [4.78, 5) is 28.7. The maximum absolute atomic E-state index is 14.1. The average molecular weight is 600 g/mol. The molecule has 11 heteroatoms. The molecule has 1 aromatic carbocycles. The highest BCUT2D eigenvalue weighted by Gasteiger charge is 2.46. The summed E-state index contributed by atoms with van der Waals surface area (Å²) in [6, 6.07) is 6.87. The Morgan fingerprint density at radius 1 is 1.10 bits per heavy atom. The van der Waals surface area contributed by atoms with Crippen LogP contribution in [0, 0.1) is 23.7 Å². The van der Waals surface area contributed by atoms with E-state index in [9.17, 15) is 18.0 Å². The second kappa shape index (κ2) is 12.8. The number of carbonyl (C=O) groups excluding carboxylic acids is 2. The maximum Gasteiger partial charge on any atom is 0.246 e. The number of carbonyl (C=O) groups is 2. The van der Waals surface area contributed by atoms with E-state index in [-0.39, 0.29) is 46.5 Å². The van der Waals surface area contributed by atoms with Gasteiger partial charge in [0.05, 0.1) is 12.8 Å². The number of piperidine rings is 2. The molecular formula is C31H45N5O5S. The highest BCUT2D eigenvalue weighted by Crippen LogP contribution is 2.39.